The zero-order chi connectivity index (χ0) is 22.1. The van der Waals surface area contributed by atoms with Crippen molar-refractivity contribution in [3.05, 3.63) is 93.1 Å². The van der Waals surface area contributed by atoms with Crippen LogP contribution < -0.4 is 0 Å². The third-order valence-electron chi connectivity index (χ3n) is 5.12. The van der Waals surface area contributed by atoms with E-state index in [1.807, 2.05) is 54.6 Å². The van der Waals surface area contributed by atoms with Crippen molar-refractivity contribution in [3.63, 3.8) is 0 Å². The van der Waals surface area contributed by atoms with Crippen LogP contribution in [0.4, 0.5) is 5.69 Å². The molecule has 2 heterocycles. The quantitative estimate of drug-likeness (QED) is 0.199. The van der Waals surface area contributed by atoms with Gasteiger partial charge in [0.15, 0.2) is 0 Å². The number of ether oxygens (including phenoxy) is 2. The molecule has 162 valence electrons. The molecule has 0 aliphatic carbocycles. The number of hydrogen-bond acceptors (Lipinski definition) is 6. The summed E-state index contributed by atoms with van der Waals surface area (Å²) in [7, 11) is 0. The fraction of sp³-hybridized carbons (Fsp3) is 0.174. The van der Waals surface area contributed by atoms with Crippen molar-refractivity contribution in [1.82, 2.24) is 9.78 Å². The van der Waals surface area contributed by atoms with Crippen molar-refractivity contribution in [2.75, 3.05) is 13.2 Å². The van der Waals surface area contributed by atoms with E-state index in [1.165, 1.54) is 11.8 Å². The Morgan fingerprint density at radius 2 is 1.81 bits per heavy atom. The number of thioether (sulfide) groups is 1. The number of fused-ring (bicyclic) bond motifs is 1. The first-order chi connectivity index (χ1) is 15.6. The largest absolute Gasteiger partial charge is 0.345 e. The highest BCUT2D eigenvalue weighted by Crippen LogP contribution is 2.40. The van der Waals surface area contributed by atoms with Gasteiger partial charge in [0, 0.05) is 33.2 Å². The van der Waals surface area contributed by atoms with Crippen molar-refractivity contribution >= 4 is 40.0 Å². The number of non-ortho nitro benzene ring substituents is 1. The van der Waals surface area contributed by atoms with E-state index in [4.69, 9.17) is 26.2 Å². The van der Waals surface area contributed by atoms with Gasteiger partial charge in [-0.1, -0.05) is 41.9 Å². The summed E-state index contributed by atoms with van der Waals surface area (Å²) in [4.78, 5) is 12.1. The van der Waals surface area contributed by atoms with Gasteiger partial charge in [0.1, 0.15) is 5.69 Å². The van der Waals surface area contributed by atoms with Gasteiger partial charge in [0.25, 0.3) is 5.69 Å². The number of benzene rings is 3. The topological polar surface area (TPSA) is 79.4 Å². The maximum absolute atomic E-state index is 11.7. The van der Waals surface area contributed by atoms with Crippen molar-refractivity contribution in [2.45, 2.75) is 16.9 Å². The zero-order valence-electron chi connectivity index (χ0n) is 16.8. The first kappa shape index (κ1) is 21.0. The molecule has 1 aromatic heterocycles. The third-order valence-corrected chi connectivity index (χ3v) is 6.49. The van der Waals surface area contributed by atoms with E-state index in [0.29, 0.717) is 35.2 Å². The van der Waals surface area contributed by atoms with Gasteiger partial charge in [0.05, 0.1) is 29.3 Å². The van der Waals surface area contributed by atoms with Crippen LogP contribution in [0.5, 0.6) is 0 Å². The molecule has 1 fully saturated rings. The highest BCUT2D eigenvalue weighted by Gasteiger charge is 2.29. The van der Waals surface area contributed by atoms with Crippen molar-refractivity contribution in [3.8, 4) is 5.69 Å². The summed E-state index contributed by atoms with van der Waals surface area (Å²) in [5, 5.41) is 18.0. The lowest BCUT2D eigenvalue weighted by Gasteiger charge is -2.09. The standard InChI is InChI=1S/C23H18ClN3O4S/c24-16-8-6-15(7-9-16)14-32-20-13-18(27(28)29)12-19-21(20)22(23-30-10-11-31-23)25-26(19)17-4-2-1-3-5-17/h1-9,12-13,23H,10-11,14H2. The summed E-state index contributed by atoms with van der Waals surface area (Å²) in [6.07, 6.45) is -0.612. The number of aromatic nitrogens is 2. The molecule has 3 aromatic carbocycles. The lowest BCUT2D eigenvalue weighted by atomic mass is 10.1. The SMILES string of the molecule is O=[N+]([O-])c1cc(SCc2ccc(Cl)cc2)c2c(C3OCCO3)nn(-c3ccccc3)c2c1. The molecule has 1 aliphatic rings. The van der Waals surface area contributed by atoms with Gasteiger partial charge in [-0.3, -0.25) is 10.1 Å². The van der Waals surface area contributed by atoms with Gasteiger partial charge in [-0.2, -0.15) is 5.10 Å². The van der Waals surface area contributed by atoms with Crippen LogP contribution in [0.15, 0.2) is 71.6 Å². The molecule has 0 amide bonds. The molecule has 0 atom stereocenters. The summed E-state index contributed by atoms with van der Waals surface area (Å²) in [5.41, 5.74) is 3.13. The van der Waals surface area contributed by atoms with E-state index >= 15 is 0 Å². The summed E-state index contributed by atoms with van der Waals surface area (Å²) in [6.45, 7) is 0.954. The number of hydrogen-bond donors (Lipinski definition) is 0. The fourth-order valence-corrected chi connectivity index (χ4v) is 4.83. The van der Waals surface area contributed by atoms with Crippen LogP contribution in [0.1, 0.15) is 17.5 Å². The minimum absolute atomic E-state index is 0.00740. The summed E-state index contributed by atoms with van der Waals surface area (Å²) in [6, 6.07) is 20.2. The third kappa shape index (κ3) is 4.10. The predicted molar refractivity (Wildman–Crippen MR) is 123 cm³/mol. The second-order valence-electron chi connectivity index (χ2n) is 7.22. The number of nitro groups is 1. The van der Waals surface area contributed by atoms with Gasteiger partial charge in [-0.25, -0.2) is 4.68 Å². The number of nitro benzene ring substituents is 1. The Balaban J connectivity index is 1.67. The lowest BCUT2D eigenvalue weighted by molar-refractivity contribution is -0.384. The average Bonchev–Trinajstić information content (AvgIpc) is 3.47. The highest BCUT2D eigenvalue weighted by atomic mass is 35.5. The Kier molecular flexibility index (Phi) is 5.84. The minimum atomic E-state index is -0.612. The molecule has 0 unspecified atom stereocenters. The smallest absolute Gasteiger partial charge is 0.272 e. The highest BCUT2D eigenvalue weighted by molar-refractivity contribution is 7.98. The molecule has 7 nitrogen and oxygen atoms in total. The van der Waals surface area contributed by atoms with Crippen molar-refractivity contribution in [1.29, 1.82) is 0 Å². The van der Waals surface area contributed by atoms with Crippen LogP contribution in [-0.2, 0) is 15.2 Å². The first-order valence-corrected chi connectivity index (χ1v) is 11.3. The Morgan fingerprint density at radius 1 is 1.09 bits per heavy atom. The molecule has 1 saturated heterocycles. The molecule has 32 heavy (non-hydrogen) atoms. The molecule has 0 radical (unpaired) electrons. The molecule has 0 spiro atoms. The fourth-order valence-electron chi connectivity index (χ4n) is 3.63. The maximum Gasteiger partial charge on any atom is 0.272 e. The van der Waals surface area contributed by atoms with Crippen LogP contribution in [-0.4, -0.2) is 27.9 Å². The van der Waals surface area contributed by atoms with Crippen LogP contribution >= 0.6 is 23.4 Å². The van der Waals surface area contributed by atoms with Gasteiger partial charge in [-0.15, -0.1) is 11.8 Å². The molecule has 0 bridgehead atoms. The summed E-state index contributed by atoms with van der Waals surface area (Å²) >= 11 is 7.51. The number of nitrogens with zero attached hydrogens (tertiary/aromatic N) is 3. The van der Waals surface area contributed by atoms with Gasteiger partial charge in [-0.05, 0) is 29.8 Å². The van der Waals surface area contributed by atoms with E-state index < -0.39 is 6.29 Å². The van der Waals surface area contributed by atoms with Crippen LogP contribution in [0.2, 0.25) is 5.02 Å². The average molecular weight is 468 g/mol. The van der Waals surface area contributed by atoms with Crippen molar-refractivity contribution < 1.29 is 14.4 Å². The lowest BCUT2D eigenvalue weighted by Crippen LogP contribution is -2.02. The van der Waals surface area contributed by atoms with E-state index in [-0.39, 0.29) is 10.6 Å². The second kappa shape index (κ2) is 8.91. The van der Waals surface area contributed by atoms with E-state index in [0.717, 1.165) is 21.5 Å². The molecule has 0 N–H and O–H groups in total. The predicted octanol–water partition coefficient (Wildman–Crippen LogP) is 5.92. The van der Waals surface area contributed by atoms with Gasteiger partial charge in [0.2, 0.25) is 6.29 Å². The Hall–Kier alpha value is -2.91. The maximum atomic E-state index is 11.7. The zero-order valence-corrected chi connectivity index (χ0v) is 18.4. The molecular weight excluding hydrogens is 450 g/mol. The Morgan fingerprint density at radius 3 is 2.50 bits per heavy atom. The first-order valence-electron chi connectivity index (χ1n) is 9.97. The Labute approximate surface area is 193 Å². The number of halogens is 1. The van der Waals surface area contributed by atoms with Crippen LogP contribution in [0, 0.1) is 10.1 Å². The number of para-hydroxylation sites is 1. The van der Waals surface area contributed by atoms with E-state index in [1.54, 1.807) is 16.8 Å². The molecule has 9 heteroatoms. The Bertz CT molecular complexity index is 1270. The monoisotopic (exact) mass is 467 g/mol. The molecule has 0 saturated carbocycles. The van der Waals surface area contributed by atoms with Crippen molar-refractivity contribution in [2.24, 2.45) is 0 Å². The molecule has 4 aromatic rings. The van der Waals surface area contributed by atoms with Crippen LogP contribution in [0.3, 0.4) is 0 Å². The minimum Gasteiger partial charge on any atom is -0.345 e. The second-order valence-corrected chi connectivity index (χ2v) is 8.67. The van der Waals surface area contributed by atoms with Gasteiger partial charge < -0.3 is 9.47 Å². The van der Waals surface area contributed by atoms with E-state index in [9.17, 15) is 10.1 Å². The van der Waals surface area contributed by atoms with Gasteiger partial charge >= 0.3 is 0 Å². The summed E-state index contributed by atoms with van der Waals surface area (Å²) < 4.78 is 13.2. The molecule has 1 aliphatic heterocycles. The molecular formula is C23H18ClN3O4S. The molecule has 5 rings (SSSR count). The van der Waals surface area contributed by atoms with Crippen LogP contribution in [0.25, 0.3) is 16.6 Å². The normalized spacial score (nSPS) is 14.3. The van der Waals surface area contributed by atoms with E-state index in [2.05, 4.69) is 0 Å². The number of rotatable bonds is 6. The summed E-state index contributed by atoms with van der Waals surface area (Å²) in [5.74, 6) is 0.621.